The molecule has 0 unspecified atom stereocenters. The summed E-state index contributed by atoms with van der Waals surface area (Å²) in [5.41, 5.74) is 3.02. The van der Waals surface area contributed by atoms with E-state index in [4.69, 9.17) is 4.98 Å². The van der Waals surface area contributed by atoms with Gasteiger partial charge in [-0.2, -0.15) is 0 Å². The van der Waals surface area contributed by atoms with Crippen LogP contribution >= 0.6 is 11.3 Å². The Kier molecular flexibility index (Phi) is 5.58. The Labute approximate surface area is 181 Å². The highest BCUT2D eigenvalue weighted by atomic mass is 32.1. The smallest absolute Gasteiger partial charge is 0.274 e. The fraction of sp³-hybridized carbons (Fsp3) is 0.417. The third-order valence-electron chi connectivity index (χ3n) is 6.42. The highest BCUT2D eigenvalue weighted by Gasteiger charge is 2.28. The molecule has 2 aromatic heterocycles. The lowest BCUT2D eigenvalue weighted by Crippen LogP contribution is -2.23. The number of thiazole rings is 1. The molecule has 2 fully saturated rings. The summed E-state index contributed by atoms with van der Waals surface area (Å²) in [5.74, 6) is 0.631. The molecule has 3 aromatic rings. The van der Waals surface area contributed by atoms with E-state index >= 15 is 0 Å². The van der Waals surface area contributed by atoms with Gasteiger partial charge in [0.2, 0.25) is 0 Å². The molecule has 5 rings (SSSR count). The summed E-state index contributed by atoms with van der Waals surface area (Å²) >= 11 is 1.52. The Hall–Kier alpha value is -2.60. The SMILES string of the molecule is O=C(Nc1nc([C@H]2CCCN2c2ccccc2)cs1)c1cccn1CC1CCCC1. The molecule has 1 atom stereocenters. The number of nitrogens with zero attached hydrogens (tertiary/aromatic N) is 3. The molecular weight excluding hydrogens is 392 g/mol. The van der Waals surface area contributed by atoms with Crippen molar-refractivity contribution in [2.75, 3.05) is 16.8 Å². The molecule has 30 heavy (non-hydrogen) atoms. The number of aromatic nitrogens is 2. The van der Waals surface area contributed by atoms with Gasteiger partial charge in [0, 0.05) is 30.4 Å². The zero-order chi connectivity index (χ0) is 20.3. The van der Waals surface area contributed by atoms with Crippen molar-refractivity contribution in [3.05, 3.63) is 65.4 Å². The fourth-order valence-corrected chi connectivity index (χ4v) is 5.66. The van der Waals surface area contributed by atoms with Gasteiger partial charge in [-0.25, -0.2) is 4.98 Å². The summed E-state index contributed by atoms with van der Waals surface area (Å²) < 4.78 is 2.11. The van der Waals surface area contributed by atoms with Crippen LogP contribution in [0.5, 0.6) is 0 Å². The molecule has 1 aliphatic heterocycles. The first-order chi connectivity index (χ1) is 14.8. The van der Waals surface area contributed by atoms with Gasteiger partial charge in [0.15, 0.2) is 5.13 Å². The molecule has 0 bridgehead atoms. The molecule has 5 nitrogen and oxygen atoms in total. The quantitative estimate of drug-likeness (QED) is 0.554. The van der Waals surface area contributed by atoms with Crippen LogP contribution in [-0.4, -0.2) is 22.0 Å². The first-order valence-electron chi connectivity index (χ1n) is 11.0. The van der Waals surface area contributed by atoms with Gasteiger partial charge in [0.25, 0.3) is 5.91 Å². The van der Waals surface area contributed by atoms with Crippen LogP contribution in [-0.2, 0) is 6.54 Å². The zero-order valence-electron chi connectivity index (χ0n) is 17.2. The molecule has 1 aromatic carbocycles. The van der Waals surface area contributed by atoms with Crippen LogP contribution in [0.1, 0.15) is 60.7 Å². The van der Waals surface area contributed by atoms with E-state index in [1.165, 1.54) is 42.7 Å². The van der Waals surface area contributed by atoms with Crippen molar-refractivity contribution in [3.63, 3.8) is 0 Å². The maximum atomic E-state index is 12.9. The fourth-order valence-electron chi connectivity index (χ4n) is 4.91. The predicted octanol–water partition coefficient (Wildman–Crippen LogP) is 5.73. The molecule has 3 heterocycles. The first kappa shape index (κ1) is 19.4. The summed E-state index contributed by atoms with van der Waals surface area (Å²) in [6.07, 6.45) is 9.45. The van der Waals surface area contributed by atoms with E-state index in [0.29, 0.717) is 11.0 Å². The lowest BCUT2D eigenvalue weighted by atomic mass is 10.1. The number of anilines is 2. The second-order valence-electron chi connectivity index (χ2n) is 8.41. The van der Waals surface area contributed by atoms with Gasteiger partial charge < -0.3 is 9.47 Å². The summed E-state index contributed by atoms with van der Waals surface area (Å²) in [4.78, 5) is 20.1. The van der Waals surface area contributed by atoms with Crippen LogP contribution in [0.2, 0.25) is 0 Å². The predicted molar refractivity (Wildman–Crippen MR) is 122 cm³/mol. The van der Waals surface area contributed by atoms with Gasteiger partial charge in [-0.15, -0.1) is 11.3 Å². The van der Waals surface area contributed by atoms with Crippen LogP contribution in [0.3, 0.4) is 0 Å². The lowest BCUT2D eigenvalue weighted by molar-refractivity contribution is 0.101. The van der Waals surface area contributed by atoms with E-state index in [-0.39, 0.29) is 11.9 Å². The van der Waals surface area contributed by atoms with Crippen LogP contribution in [0.25, 0.3) is 0 Å². The maximum Gasteiger partial charge on any atom is 0.274 e. The Balaban J connectivity index is 1.27. The van der Waals surface area contributed by atoms with Crippen LogP contribution in [0.4, 0.5) is 10.8 Å². The van der Waals surface area contributed by atoms with Crippen molar-refractivity contribution in [3.8, 4) is 0 Å². The van der Waals surface area contributed by atoms with Crippen LogP contribution in [0, 0.1) is 5.92 Å². The molecule has 1 amide bonds. The summed E-state index contributed by atoms with van der Waals surface area (Å²) in [5, 5.41) is 5.82. The number of rotatable bonds is 6. The number of nitrogens with one attached hydrogen (secondary N) is 1. The summed E-state index contributed by atoms with van der Waals surface area (Å²) in [6, 6.07) is 14.7. The second-order valence-corrected chi connectivity index (χ2v) is 9.27. The number of carbonyl (C=O) groups is 1. The first-order valence-corrected chi connectivity index (χ1v) is 11.9. The molecule has 1 saturated carbocycles. The van der Waals surface area contributed by atoms with Gasteiger partial charge in [0.1, 0.15) is 5.69 Å². The van der Waals surface area contributed by atoms with Crippen LogP contribution < -0.4 is 10.2 Å². The second kappa shape index (κ2) is 8.64. The minimum Gasteiger partial charge on any atom is -0.363 e. The Bertz CT molecular complexity index is 990. The molecule has 1 aliphatic carbocycles. The topological polar surface area (TPSA) is 50.2 Å². The maximum absolute atomic E-state index is 12.9. The van der Waals surface area contributed by atoms with E-state index in [0.717, 1.165) is 37.3 Å². The molecule has 2 aliphatic rings. The number of carbonyl (C=O) groups excluding carboxylic acids is 1. The van der Waals surface area contributed by atoms with E-state index in [2.05, 4.69) is 44.4 Å². The van der Waals surface area contributed by atoms with Crippen molar-refractivity contribution >= 4 is 28.1 Å². The van der Waals surface area contributed by atoms with Crippen molar-refractivity contribution in [1.82, 2.24) is 9.55 Å². The largest absolute Gasteiger partial charge is 0.363 e. The highest BCUT2D eigenvalue weighted by molar-refractivity contribution is 7.14. The zero-order valence-corrected chi connectivity index (χ0v) is 18.0. The Morgan fingerprint density at radius 3 is 2.73 bits per heavy atom. The average Bonchev–Trinajstić information content (AvgIpc) is 3.56. The summed E-state index contributed by atoms with van der Waals surface area (Å²) in [7, 11) is 0. The molecule has 1 saturated heterocycles. The van der Waals surface area contributed by atoms with Gasteiger partial charge >= 0.3 is 0 Å². The van der Waals surface area contributed by atoms with E-state index in [1.54, 1.807) is 0 Å². The number of hydrogen-bond donors (Lipinski definition) is 1. The van der Waals surface area contributed by atoms with Crippen LogP contribution in [0.15, 0.2) is 54.0 Å². The lowest BCUT2D eigenvalue weighted by Gasteiger charge is -2.25. The van der Waals surface area contributed by atoms with Gasteiger partial charge in [-0.1, -0.05) is 31.0 Å². The standard InChI is InChI=1S/C24H28N4OS/c29-23(22-13-6-14-27(22)16-18-8-4-5-9-18)26-24-25-20(17-30-24)21-12-7-15-28(21)19-10-2-1-3-11-19/h1-3,6,10-11,13-14,17-18,21H,4-5,7-9,12,15-16H2,(H,25,26,29)/t21-/m1/s1. The van der Waals surface area contributed by atoms with E-state index < -0.39 is 0 Å². The van der Waals surface area contributed by atoms with Gasteiger partial charge in [0.05, 0.1) is 11.7 Å². The normalized spacial score (nSPS) is 19.5. The minimum atomic E-state index is -0.0646. The van der Waals surface area contributed by atoms with Gasteiger partial charge in [-0.05, 0) is 55.9 Å². The van der Waals surface area contributed by atoms with Crippen molar-refractivity contribution in [1.29, 1.82) is 0 Å². The molecular formula is C24H28N4OS. The molecule has 1 N–H and O–H groups in total. The van der Waals surface area contributed by atoms with Crippen molar-refractivity contribution < 1.29 is 4.79 Å². The van der Waals surface area contributed by atoms with E-state index in [9.17, 15) is 4.79 Å². The highest BCUT2D eigenvalue weighted by Crippen LogP contribution is 2.37. The third kappa shape index (κ3) is 4.01. The average molecular weight is 421 g/mol. The minimum absolute atomic E-state index is 0.0646. The monoisotopic (exact) mass is 420 g/mol. The van der Waals surface area contributed by atoms with Crippen molar-refractivity contribution in [2.45, 2.75) is 51.1 Å². The molecule has 0 radical (unpaired) electrons. The Morgan fingerprint density at radius 1 is 1.07 bits per heavy atom. The number of para-hydroxylation sites is 1. The van der Waals surface area contributed by atoms with E-state index in [1.807, 2.05) is 24.4 Å². The molecule has 0 spiro atoms. The number of hydrogen-bond acceptors (Lipinski definition) is 4. The molecule has 156 valence electrons. The number of amides is 1. The Morgan fingerprint density at radius 2 is 1.90 bits per heavy atom. The number of benzene rings is 1. The van der Waals surface area contributed by atoms with Crippen molar-refractivity contribution in [2.24, 2.45) is 5.92 Å². The molecule has 6 heteroatoms. The summed E-state index contributed by atoms with van der Waals surface area (Å²) in [6.45, 7) is 1.98. The van der Waals surface area contributed by atoms with Gasteiger partial charge in [-0.3, -0.25) is 10.1 Å². The third-order valence-corrected chi connectivity index (χ3v) is 7.19.